The number of carbonyl (C=O) groups is 1. The van der Waals surface area contributed by atoms with Gasteiger partial charge in [-0.25, -0.2) is 0 Å². The molecule has 2 aromatic rings. The fourth-order valence-electron chi connectivity index (χ4n) is 2.47. The monoisotopic (exact) mass is 391 g/mol. The van der Waals surface area contributed by atoms with Crippen molar-refractivity contribution in [2.75, 3.05) is 13.2 Å². The maximum Gasteiger partial charge on any atom is 0.233 e. The zero-order valence-electron chi connectivity index (χ0n) is 15.3. The summed E-state index contributed by atoms with van der Waals surface area (Å²) in [6, 6.07) is 15.7. The van der Waals surface area contributed by atoms with E-state index in [9.17, 15) is 4.79 Å². The van der Waals surface area contributed by atoms with Crippen molar-refractivity contribution in [1.29, 1.82) is 0 Å². The van der Waals surface area contributed by atoms with Gasteiger partial charge in [-0.2, -0.15) is 0 Å². The number of halogens is 1. The van der Waals surface area contributed by atoms with Gasteiger partial charge >= 0.3 is 0 Å². The Labute approximate surface area is 165 Å². The third-order valence-electron chi connectivity index (χ3n) is 3.85. The molecule has 1 amide bonds. The van der Waals surface area contributed by atoms with Crippen LogP contribution in [-0.2, 0) is 11.2 Å². The van der Waals surface area contributed by atoms with E-state index in [4.69, 9.17) is 16.3 Å². The summed E-state index contributed by atoms with van der Waals surface area (Å²) in [5.41, 5.74) is 1.19. The van der Waals surface area contributed by atoms with Gasteiger partial charge in [0.05, 0.1) is 11.9 Å². The number of aryl methyl sites for hydroxylation is 1. The van der Waals surface area contributed by atoms with Crippen molar-refractivity contribution in [2.45, 2.75) is 43.3 Å². The minimum atomic E-state index is -0.142. The molecule has 0 aromatic heterocycles. The summed E-state index contributed by atoms with van der Waals surface area (Å²) in [6.45, 7) is 5.41. The summed E-state index contributed by atoms with van der Waals surface area (Å²) >= 11 is 7.42. The first-order valence-corrected chi connectivity index (χ1v) is 10.3. The van der Waals surface area contributed by atoms with E-state index in [1.807, 2.05) is 49.4 Å². The number of benzene rings is 2. The minimum absolute atomic E-state index is 0.0560. The molecule has 0 aliphatic rings. The van der Waals surface area contributed by atoms with Gasteiger partial charge in [0, 0.05) is 16.5 Å². The number of rotatable bonds is 10. The molecule has 0 aliphatic heterocycles. The van der Waals surface area contributed by atoms with Crippen LogP contribution in [0.5, 0.6) is 5.75 Å². The Kier molecular flexibility index (Phi) is 8.86. The van der Waals surface area contributed by atoms with Crippen molar-refractivity contribution in [2.24, 2.45) is 0 Å². The summed E-state index contributed by atoms with van der Waals surface area (Å²) in [5.74, 6) is 1.01. The quantitative estimate of drug-likeness (QED) is 0.437. The average Bonchev–Trinajstić information content (AvgIpc) is 2.66. The second-order valence-electron chi connectivity index (χ2n) is 6.06. The van der Waals surface area contributed by atoms with Gasteiger partial charge in [0.25, 0.3) is 0 Å². The normalized spacial score (nSPS) is 11.8. The molecule has 2 aromatic carbocycles. The third kappa shape index (κ3) is 6.93. The Bertz CT molecular complexity index is 691. The molecule has 0 fully saturated rings. The van der Waals surface area contributed by atoms with Gasteiger partial charge in [-0.1, -0.05) is 36.7 Å². The lowest BCUT2D eigenvalue weighted by molar-refractivity contribution is -0.120. The third-order valence-corrected chi connectivity index (χ3v) is 5.22. The van der Waals surface area contributed by atoms with E-state index in [0.717, 1.165) is 36.5 Å². The standard InChI is InChI=1S/C21H26ClNO2S/c1-3-15-25-20-9-5-4-7-17(20)8-6-14-23-21(24)16(2)26-19-12-10-18(22)11-13-19/h4-5,7,9-13,16H,3,6,8,14-15H2,1-2H3,(H,23,24). The molecule has 2 rings (SSSR count). The molecule has 1 atom stereocenters. The maximum absolute atomic E-state index is 12.3. The lowest BCUT2D eigenvalue weighted by atomic mass is 10.1. The predicted octanol–water partition coefficient (Wildman–Crippen LogP) is 5.36. The molecule has 0 bridgehead atoms. The Morgan fingerprint density at radius 3 is 2.65 bits per heavy atom. The molecule has 0 saturated carbocycles. The highest BCUT2D eigenvalue weighted by atomic mass is 35.5. The smallest absolute Gasteiger partial charge is 0.233 e. The van der Waals surface area contributed by atoms with Crippen molar-refractivity contribution in [3.8, 4) is 5.75 Å². The molecule has 0 radical (unpaired) electrons. The number of thioether (sulfide) groups is 1. The fraction of sp³-hybridized carbons (Fsp3) is 0.381. The van der Waals surface area contributed by atoms with Crippen molar-refractivity contribution in [3.63, 3.8) is 0 Å². The van der Waals surface area contributed by atoms with E-state index in [-0.39, 0.29) is 11.2 Å². The lowest BCUT2D eigenvalue weighted by Gasteiger charge is -2.13. The first-order chi connectivity index (χ1) is 12.6. The number of hydrogen-bond acceptors (Lipinski definition) is 3. The second kappa shape index (κ2) is 11.1. The molecule has 0 spiro atoms. The summed E-state index contributed by atoms with van der Waals surface area (Å²) in [6.07, 6.45) is 2.77. The average molecular weight is 392 g/mol. The molecule has 26 heavy (non-hydrogen) atoms. The number of hydrogen-bond donors (Lipinski definition) is 1. The number of ether oxygens (including phenoxy) is 1. The molecule has 1 N–H and O–H groups in total. The van der Waals surface area contributed by atoms with E-state index in [1.54, 1.807) is 0 Å². The SMILES string of the molecule is CCCOc1ccccc1CCCNC(=O)C(C)Sc1ccc(Cl)cc1. The van der Waals surface area contributed by atoms with Crippen LogP contribution < -0.4 is 10.1 Å². The van der Waals surface area contributed by atoms with E-state index in [0.29, 0.717) is 11.6 Å². The topological polar surface area (TPSA) is 38.3 Å². The number of carbonyl (C=O) groups excluding carboxylic acids is 1. The number of para-hydroxylation sites is 1. The summed E-state index contributed by atoms with van der Waals surface area (Å²) in [4.78, 5) is 13.3. The van der Waals surface area contributed by atoms with E-state index in [2.05, 4.69) is 18.3 Å². The molecule has 0 heterocycles. The van der Waals surface area contributed by atoms with Gasteiger partial charge in [0.1, 0.15) is 5.75 Å². The molecule has 0 saturated heterocycles. The van der Waals surface area contributed by atoms with E-state index >= 15 is 0 Å². The van der Waals surface area contributed by atoms with Gasteiger partial charge in [-0.15, -0.1) is 11.8 Å². The van der Waals surface area contributed by atoms with Crippen LogP contribution in [0.1, 0.15) is 32.3 Å². The minimum Gasteiger partial charge on any atom is -0.493 e. The van der Waals surface area contributed by atoms with Gasteiger partial charge < -0.3 is 10.1 Å². The van der Waals surface area contributed by atoms with Crippen LogP contribution in [0.4, 0.5) is 0 Å². The zero-order chi connectivity index (χ0) is 18.8. The highest BCUT2D eigenvalue weighted by Crippen LogP contribution is 2.25. The molecular formula is C21H26ClNO2S. The Morgan fingerprint density at radius 2 is 1.92 bits per heavy atom. The molecule has 5 heteroatoms. The van der Waals surface area contributed by atoms with Crippen LogP contribution >= 0.6 is 23.4 Å². The maximum atomic E-state index is 12.3. The molecule has 0 aliphatic carbocycles. The molecule has 140 valence electrons. The van der Waals surface area contributed by atoms with E-state index < -0.39 is 0 Å². The van der Waals surface area contributed by atoms with Crippen LogP contribution in [0.3, 0.4) is 0 Å². The van der Waals surface area contributed by atoms with Crippen molar-refractivity contribution < 1.29 is 9.53 Å². The Morgan fingerprint density at radius 1 is 1.19 bits per heavy atom. The van der Waals surface area contributed by atoms with Gasteiger partial charge in [0.2, 0.25) is 5.91 Å². The van der Waals surface area contributed by atoms with Gasteiger partial charge in [-0.3, -0.25) is 4.79 Å². The van der Waals surface area contributed by atoms with Crippen LogP contribution in [0.15, 0.2) is 53.4 Å². The predicted molar refractivity (Wildman–Crippen MR) is 110 cm³/mol. The van der Waals surface area contributed by atoms with Crippen LogP contribution in [0.2, 0.25) is 5.02 Å². The second-order valence-corrected chi connectivity index (χ2v) is 7.92. The largest absolute Gasteiger partial charge is 0.493 e. The van der Waals surface area contributed by atoms with Crippen LogP contribution in [-0.4, -0.2) is 24.3 Å². The summed E-state index contributed by atoms with van der Waals surface area (Å²) in [7, 11) is 0. The first kappa shape index (κ1) is 20.7. The highest BCUT2D eigenvalue weighted by molar-refractivity contribution is 8.00. The van der Waals surface area contributed by atoms with Crippen LogP contribution in [0, 0.1) is 0 Å². The summed E-state index contributed by atoms with van der Waals surface area (Å²) in [5, 5.41) is 3.58. The lowest BCUT2D eigenvalue weighted by Crippen LogP contribution is -2.31. The fourth-order valence-corrected chi connectivity index (χ4v) is 3.49. The van der Waals surface area contributed by atoms with Gasteiger partial charge in [0.15, 0.2) is 0 Å². The molecule has 3 nitrogen and oxygen atoms in total. The van der Waals surface area contributed by atoms with Crippen LogP contribution in [0.25, 0.3) is 0 Å². The number of nitrogens with one attached hydrogen (secondary N) is 1. The zero-order valence-corrected chi connectivity index (χ0v) is 16.9. The van der Waals surface area contributed by atoms with Crippen molar-refractivity contribution >= 4 is 29.3 Å². The molecule has 1 unspecified atom stereocenters. The van der Waals surface area contributed by atoms with Crippen molar-refractivity contribution in [3.05, 3.63) is 59.1 Å². The van der Waals surface area contributed by atoms with E-state index in [1.165, 1.54) is 17.3 Å². The van der Waals surface area contributed by atoms with Gasteiger partial charge in [-0.05, 0) is 62.1 Å². The number of amides is 1. The Hall–Kier alpha value is -1.65. The Balaban J connectivity index is 1.73. The summed E-state index contributed by atoms with van der Waals surface area (Å²) < 4.78 is 5.78. The highest BCUT2D eigenvalue weighted by Gasteiger charge is 2.13. The van der Waals surface area contributed by atoms with Crippen molar-refractivity contribution in [1.82, 2.24) is 5.32 Å². The first-order valence-electron chi connectivity index (χ1n) is 9.00. The molecular weight excluding hydrogens is 366 g/mol.